The number of nitrogens with two attached hydrogens (primary N) is 1. The molecule has 0 radical (unpaired) electrons. The molecule has 0 spiro atoms. The number of aliphatic hydroxyl groups excluding tert-OH is 1. The Morgan fingerprint density at radius 2 is 2.07 bits per heavy atom. The van der Waals surface area contributed by atoms with E-state index in [4.69, 9.17) is 15.6 Å². The highest BCUT2D eigenvalue weighted by Crippen LogP contribution is 2.44. The summed E-state index contributed by atoms with van der Waals surface area (Å²) in [5.74, 6) is 0.0694. The lowest BCUT2D eigenvalue weighted by Crippen LogP contribution is -2.18. The molecule has 12 heteroatoms. The van der Waals surface area contributed by atoms with E-state index in [1.165, 1.54) is 11.7 Å². The van der Waals surface area contributed by atoms with Crippen molar-refractivity contribution in [3.63, 3.8) is 0 Å². The molecule has 5 N–H and O–H groups in total. The van der Waals surface area contributed by atoms with E-state index in [0.717, 1.165) is 5.56 Å². The van der Waals surface area contributed by atoms with Crippen LogP contribution in [0.5, 0.6) is 6.01 Å². The van der Waals surface area contributed by atoms with Crippen molar-refractivity contribution in [2.24, 2.45) is 0 Å². The summed E-state index contributed by atoms with van der Waals surface area (Å²) >= 11 is 0. The van der Waals surface area contributed by atoms with Gasteiger partial charge >= 0.3 is 19.3 Å². The molecule has 1 aromatic carbocycles. The molecule has 2 aromatic heterocycles. The van der Waals surface area contributed by atoms with Crippen molar-refractivity contribution in [1.82, 2.24) is 19.5 Å². The highest BCUT2D eigenvalue weighted by atomic mass is 31.2. The molecule has 11 nitrogen and oxygen atoms in total. The molecule has 156 valence electrons. The Hall–Kier alpha value is -2.72. The van der Waals surface area contributed by atoms with Crippen LogP contribution in [0.1, 0.15) is 17.5 Å². The smallest absolute Gasteiger partial charge is 0.332 e. The van der Waals surface area contributed by atoms with E-state index in [9.17, 15) is 14.3 Å². The first-order chi connectivity index (χ1) is 13.8. The van der Waals surface area contributed by atoms with Gasteiger partial charge < -0.3 is 30.0 Å². The number of aromatic amines is 1. The Morgan fingerprint density at radius 3 is 2.79 bits per heavy atom. The molecule has 0 fully saturated rings. The topological polar surface area (TPSA) is 166 Å². The summed E-state index contributed by atoms with van der Waals surface area (Å²) in [5, 5.41) is 8.85. The van der Waals surface area contributed by atoms with Crippen molar-refractivity contribution in [2.45, 2.75) is 19.1 Å². The molecular weight excluding hydrogens is 401 g/mol. The van der Waals surface area contributed by atoms with Crippen molar-refractivity contribution < 1.29 is 23.8 Å². The zero-order valence-electron chi connectivity index (χ0n) is 15.7. The number of nitrogens with zero attached hydrogens (tertiary/aromatic N) is 3. The molecule has 0 aliphatic carbocycles. The number of fused-ring (bicyclic) bond motifs is 1. The van der Waals surface area contributed by atoms with Crippen LogP contribution in [0, 0.1) is 0 Å². The molecule has 0 saturated heterocycles. The number of hydrogen-bond donors (Lipinski definition) is 4. The van der Waals surface area contributed by atoms with E-state index in [1.807, 2.05) is 0 Å². The van der Waals surface area contributed by atoms with Gasteiger partial charge in [0.15, 0.2) is 11.5 Å². The average molecular weight is 423 g/mol. The van der Waals surface area contributed by atoms with Gasteiger partial charge in [-0.05, 0) is 11.1 Å². The normalized spacial score (nSPS) is 13.5. The number of rotatable bonds is 9. The minimum atomic E-state index is -3.71. The summed E-state index contributed by atoms with van der Waals surface area (Å²) in [6.07, 6.45) is 0.266. The predicted molar refractivity (Wildman–Crippen MR) is 106 cm³/mol. The number of nitrogen functional groups attached to an aromatic ring is 1. The highest BCUT2D eigenvalue weighted by Gasteiger charge is 2.19. The lowest BCUT2D eigenvalue weighted by atomic mass is 10.1. The zero-order valence-corrected chi connectivity index (χ0v) is 16.6. The molecule has 0 aliphatic rings. The lowest BCUT2D eigenvalue weighted by Gasteiger charge is -2.10. The van der Waals surface area contributed by atoms with Crippen LogP contribution in [-0.4, -0.2) is 49.8 Å². The summed E-state index contributed by atoms with van der Waals surface area (Å²) in [5.41, 5.74) is 7.37. The molecule has 0 bridgehead atoms. The number of ether oxygens (including phenoxy) is 1. The maximum absolute atomic E-state index is 12.4. The van der Waals surface area contributed by atoms with E-state index in [-0.39, 0.29) is 43.4 Å². The van der Waals surface area contributed by atoms with Crippen molar-refractivity contribution in [1.29, 1.82) is 0 Å². The molecular formula is C17H22N5O6P. The van der Waals surface area contributed by atoms with Gasteiger partial charge in [-0.1, -0.05) is 24.3 Å². The van der Waals surface area contributed by atoms with Crippen LogP contribution in [0.15, 0.2) is 29.1 Å². The van der Waals surface area contributed by atoms with Crippen LogP contribution >= 0.6 is 7.60 Å². The molecule has 1 atom stereocenters. The number of benzene rings is 1. The van der Waals surface area contributed by atoms with Gasteiger partial charge in [-0.25, -0.2) is 4.79 Å². The zero-order chi connectivity index (χ0) is 21.0. The van der Waals surface area contributed by atoms with E-state index >= 15 is 0 Å². The van der Waals surface area contributed by atoms with E-state index in [0.29, 0.717) is 17.5 Å². The molecule has 29 heavy (non-hydrogen) atoms. The predicted octanol–water partition coefficient (Wildman–Crippen LogP) is 0.843. The fourth-order valence-corrected chi connectivity index (χ4v) is 3.56. The largest absolute Gasteiger partial charge is 0.463 e. The molecule has 0 aliphatic heterocycles. The summed E-state index contributed by atoms with van der Waals surface area (Å²) < 4.78 is 23.2. The first-order valence-corrected chi connectivity index (χ1v) is 10.5. The lowest BCUT2D eigenvalue weighted by molar-refractivity contribution is 0.225. The van der Waals surface area contributed by atoms with Crippen LogP contribution in [-0.2, 0) is 21.8 Å². The molecule has 3 aromatic rings. The van der Waals surface area contributed by atoms with Crippen molar-refractivity contribution >= 4 is 24.6 Å². The van der Waals surface area contributed by atoms with Gasteiger partial charge in [0.25, 0.3) is 0 Å². The van der Waals surface area contributed by atoms with Crippen molar-refractivity contribution in [3.8, 4) is 6.01 Å². The second kappa shape index (κ2) is 8.75. The van der Waals surface area contributed by atoms with Gasteiger partial charge in [0.1, 0.15) is 5.52 Å². The standard InChI is InChI=1S/C17H22N5O6P/c1-27-29(25,26)10-12-5-2-4-11(8-12)9-22-15-13(19-17(22)24)14(18)20-16(21-15)28-7-3-6-23/h2,4-5,8,23H,3,6-7,9-10H2,1H3,(H,19,24)(H,25,26)(H2,18,20,21). The minimum Gasteiger partial charge on any atom is -0.463 e. The SMILES string of the molecule is COP(=O)(O)Cc1cccc(Cn2c(=O)[nH]c3c(N)nc(OCCCO)nc32)c1. The molecule has 0 saturated carbocycles. The molecule has 0 amide bonds. The Bertz CT molecular complexity index is 1110. The summed E-state index contributed by atoms with van der Waals surface area (Å²) in [6.45, 7) is 0.327. The first-order valence-electron chi connectivity index (χ1n) is 8.78. The molecule has 2 heterocycles. The third kappa shape index (κ3) is 5.01. The van der Waals surface area contributed by atoms with Gasteiger partial charge in [-0.3, -0.25) is 9.13 Å². The van der Waals surface area contributed by atoms with Gasteiger partial charge in [0, 0.05) is 20.1 Å². The van der Waals surface area contributed by atoms with Crippen molar-refractivity contribution in [2.75, 3.05) is 26.1 Å². The Labute approximate surface area is 165 Å². The first kappa shape index (κ1) is 21.0. The third-order valence-corrected chi connectivity index (χ3v) is 5.50. The van der Waals surface area contributed by atoms with E-state index in [1.54, 1.807) is 24.3 Å². The third-order valence-electron chi connectivity index (χ3n) is 4.16. The summed E-state index contributed by atoms with van der Waals surface area (Å²) in [4.78, 5) is 33.0. The fourth-order valence-electron chi connectivity index (χ4n) is 2.77. The Morgan fingerprint density at radius 1 is 1.31 bits per heavy atom. The number of anilines is 1. The minimum absolute atomic E-state index is 0.00580. The van der Waals surface area contributed by atoms with Crippen LogP contribution in [0.4, 0.5) is 5.82 Å². The number of aliphatic hydroxyl groups is 1. The van der Waals surface area contributed by atoms with Gasteiger partial charge in [-0.15, -0.1) is 0 Å². The quantitative estimate of drug-likeness (QED) is 0.288. The maximum Gasteiger partial charge on any atom is 0.332 e. The van der Waals surface area contributed by atoms with Crippen molar-refractivity contribution in [3.05, 3.63) is 45.9 Å². The van der Waals surface area contributed by atoms with E-state index in [2.05, 4.69) is 19.5 Å². The monoisotopic (exact) mass is 423 g/mol. The van der Waals surface area contributed by atoms with E-state index < -0.39 is 13.3 Å². The number of nitrogens with one attached hydrogen (secondary N) is 1. The van der Waals surface area contributed by atoms with Crippen LogP contribution in [0.25, 0.3) is 11.2 Å². The maximum atomic E-state index is 12.4. The number of H-pyrrole nitrogens is 1. The summed E-state index contributed by atoms with van der Waals surface area (Å²) in [7, 11) is -2.53. The molecule has 3 rings (SSSR count). The second-order valence-electron chi connectivity index (χ2n) is 6.33. The van der Waals surface area contributed by atoms with Gasteiger partial charge in [-0.2, -0.15) is 9.97 Å². The number of aromatic nitrogens is 4. The van der Waals surface area contributed by atoms with Gasteiger partial charge in [0.2, 0.25) is 0 Å². The van der Waals surface area contributed by atoms with Crippen LogP contribution in [0.3, 0.4) is 0 Å². The number of imidazole rings is 1. The second-order valence-corrected chi connectivity index (χ2v) is 8.29. The molecule has 1 unspecified atom stereocenters. The van der Waals surface area contributed by atoms with Crippen LogP contribution < -0.4 is 16.2 Å². The van der Waals surface area contributed by atoms with Crippen LogP contribution in [0.2, 0.25) is 0 Å². The number of hydrogen-bond acceptors (Lipinski definition) is 8. The fraction of sp³-hybridized carbons (Fsp3) is 0.353. The summed E-state index contributed by atoms with van der Waals surface area (Å²) in [6, 6.07) is 6.94. The van der Waals surface area contributed by atoms with Gasteiger partial charge in [0.05, 0.1) is 19.3 Å². The Kier molecular flexibility index (Phi) is 6.33. The average Bonchev–Trinajstić information content (AvgIpc) is 2.98. The Balaban J connectivity index is 1.93. The highest BCUT2D eigenvalue weighted by molar-refractivity contribution is 7.51.